The second-order valence-corrected chi connectivity index (χ2v) is 6.21. The van der Waals surface area contributed by atoms with E-state index in [-0.39, 0.29) is 5.91 Å². The molecule has 0 bridgehead atoms. The number of hydrogen-bond acceptors (Lipinski definition) is 4. The van der Waals surface area contributed by atoms with Gasteiger partial charge in [-0.1, -0.05) is 44.9 Å². The molecule has 0 spiro atoms. The molecule has 150 valence electrons. The van der Waals surface area contributed by atoms with Crippen molar-refractivity contribution in [2.75, 3.05) is 34.4 Å². The zero-order chi connectivity index (χ0) is 20.1. The maximum absolute atomic E-state index is 12.4. The van der Waals surface area contributed by atoms with Gasteiger partial charge in [0.05, 0.1) is 21.3 Å². The fraction of sp³-hybridized carbons (Fsp3) is 0.500. The van der Waals surface area contributed by atoms with Crippen molar-refractivity contribution in [3.05, 3.63) is 35.9 Å². The third kappa shape index (κ3) is 7.37. The number of unbranched alkanes of at least 4 members (excludes halogenated alkanes) is 2. The number of hydrogen-bond donors (Lipinski definition) is 0. The topological polar surface area (TPSA) is 48.0 Å². The van der Waals surface area contributed by atoms with Crippen LogP contribution < -0.4 is 14.2 Å². The lowest BCUT2D eigenvalue weighted by molar-refractivity contribution is -0.126. The summed E-state index contributed by atoms with van der Waals surface area (Å²) in [5.74, 6) is 1.82. The van der Waals surface area contributed by atoms with Crippen molar-refractivity contribution in [1.29, 1.82) is 0 Å². The van der Waals surface area contributed by atoms with Crippen molar-refractivity contribution in [3.8, 4) is 17.2 Å². The van der Waals surface area contributed by atoms with Gasteiger partial charge in [0.25, 0.3) is 0 Å². The molecular formula is C22H33NO4. The quantitative estimate of drug-likeness (QED) is 0.392. The monoisotopic (exact) mass is 375 g/mol. The molecule has 0 radical (unpaired) electrons. The number of benzene rings is 1. The fourth-order valence-electron chi connectivity index (χ4n) is 2.64. The van der Waals surface area contributed by atoms with E-state index in [0.717, 1.165) is 44.3 Å². The van der Waals surface area contributed by atoms with E-state index in [4.69, 9.17) is 14.2 Å². The number of rotatable bonds is 12. The van der Waals surface area contributed by atoms with Crippen LogP contribution in [0.4, 0.5) is 0 Å². The highest BCUT2D eigenvalue weighted by molar-refractivity contribution is 5.88. The number of allylic oxidation sites excluding steroid dienone is 2. The molecule has 0 unspecified atom stereocenters. The van der Waals surface area contributed by atoms with Crippen LogP contribution in [0.2, 0.25) is 0 Å². The Morgan fingerprint density at radius 2 is 1.48 bits per heavy atom. The number of methoxy groups -OCH3 is 3. The Kier molecular flexibility index (Phi) is 10.8. The largest absolute Gasteiger partial charge is 0.493 e. The maximum Gasteiger partial charge on any atom is 0.246 e. The number of ether oxygens (including phenoxy) is 3. The molecule has 0 atom stereocenters. The standard InChI is InChI=1S/C22H33NO4/c1-6-8-14-23(15-9-7-2)21(24)13-11-10-12-18-16-19(25-3)22(27-5)20(17-18)26-4/h10-13,16-17H,6-9,14-15H2,1-5H3. The summed E-state index contributed by atoms with van der Waals surface area (Å²) in [6, 6.07) is 3.73. The summed E-state index contributed by atoms with van der Waals surface area (Å²) in [5.41, 5.74) is 0.899. The first-order valence-electron chi connectivity index (χ1n) is 9.54. The van der Waals surface area contributed by atoms with Gasteiger partial charge in [-0.2, -0.15) is 0 Å². The van der Waals surface area contributed by atoms with Gasteiger partial charge in [0, 0.05) is 19.2 Å². The fourth-order valence-corrected chi connectivity index (χ4v) is 2.64. The molecule has 0 aliphatic carbocycles. The summed E-state index contributed by atoms with van der Waals surface area (Å²) >= 11 is 0. The summed E-state index contributed by atoms with van der Waals surface area (Å²) in [6.07, 6.45) is 11.4. The van der Waals surface area contributed by atoms with E-state index in [2.05, 4.69) is 13.8 Å². The van der Waals surface area contributed by atoms with Crippen molar-refractivity contribution < 1.29 is 19.0 Å². The van der Waals surface area contributed by atoms with E-state index < -0.39 is 0 Å². The van der Waals surface area contributed by atoms with Crippen LogP contribution in [-0.4, -0.2) is 45.2 Å². The van der Waals surface area contributed by atoms with Crippen molar-refractivity contribution >= 4 is 12.0 Å². The lowest BCUT2D eigenvalue weighted by atomic mass is 10.1. The first-order valence-corrected chi connectivity index (χ1v) is 9.54. The summed E-state index contributed by atoms with van der Waals surface area (Å²) in [7, 11) is 4.75. The predicted molar refractivity (Wildman–Crippen MR) is 111 cm³/mol. The third-order valence-corrected chi connectivity index (χ3v) is 4.20. The van der Waals surface area contributed by atoms with Crippen molar-refractivity contribution in [2.45, 2.75) is 39.5 Å². The number of nitrogens with zero attached hydrogens (tertiary/aromatic N) is 1. The average Bonchev–Trinajstić information content (AvgIpc) is 2.70. The summed E-state index contributed by atoms with van der Waals surface area (Å²) in [6.45, 7) is 5.91. The Labute approximate surface area is 163 Å². The van der Waals surface area contributed by atoms with Gasteiger partial charge in [0.15, 0.2) is 11.5 Å². The van der Waals surface area contributed by atoms with Gasteiger partial charge < -0.3 is 19.1 Å². The average molecular weight is 376 g/mol. The highest BCUT2D eigenvalue weighted by Gasteiger charge is 2.12. The number of amides is 1. The summed E-state index contributed by atoms with van der Waals surface area (Å²) in [4.78, 5) is 14.3. The summed E-state index contributed by atoms with van der Waals surface area (Å²) in [5, 5.41) is 0. The van der Waals surface area contributed by atoms with Gasteiger partial charge >= 0.3 is 0 Å². The lowest BCUT2D eigenvalue weighted by Gasteiger charge is -2.20. The molecule has 1 rings (SSSR count). The molecule has 27 heavy (non-hydrogen) atoms. The van der Waals surface area contributed by atoms with Crippen LogP contribution in [0.25, 0.3) is 6.08 Å². The van der Waals surface area contributed by atoms with Gasteiger partial charge in [-0.3, -0.25) is 4.79 Å². The minimum absolute atomic E-state index is 0.0615. The minimum atomic E-state index is 0.0615. The van der Waals surface area contributed by atoms with E-state index in [1.165, 1.54) is 0 Å². The molecule has 0 aliphatic rings. The zero-order valence-corrected chi connectivity index (χ0v) is 17.3. The van der Waals surface area contributed by atoms with Gasteiger partial charge in [-0.15, -0.1) is 0 Å². The molecular weight excluding hydrogens is 342 g/mol. The van der Waals surface area contributed by atoms with Gasteiger partial charge in [-0.05, 0) is 30.5 Å². The van der Waals surface area contributed by atoms with Crippen molar-refractivity contribution in [2.24, 2.45) is 0 Å². The van der Waals surface area contributed by atoms with Crippen LogP contribution in [0.3, 0.4) is 0 Å². The highest BCUT2D eigenvalue weighted by atomic mass is 16.5. The molecule has 5 nitrogen and oxygen atoms in total. The van der Waals surface area contributed by atoms with Crippen LogP contribution in [0.5, 0.6) is 17.2 Å². The molecule has 1 aromatic carbocycles. The minimum Gasteiger partial charge on any atom is -0.493 e. The molecule has 1 amide bonds. The van der Waals surface area contributed by atoms with Crippen LogP contribution in [0.1, 0.15) is 45.1 Å². The van der Waals surface area contributed by atoms with Gasteiger partial charge in [-0.25, -0.2) is 0 Å². The molecule has 0 N–H and O–H groups in total. The van der Waals surface area contributed by atoms with Crippen molar-refractivity contribution in [1.82, 2.24) is 4.90 Å². The van der Waals surface area contributed by atoms with Crippen LogP contribution in [0, 0.1) is 0 Å². The first kappa shape index (κ1) is 22.6. The molecule has 0 heterocycles. The molecule has 0 aliphatic heterocycles. The van der Waals surface area contributed by atoms with Crippen LogP contribution in [-0.2, 0) is 4.79 Å². The first-order chi connectivity index (χ1) is 13.1. The Morgan fingerprint density at radius 3 is 1.93 bits per heavy atom. The highest BCUT2D eigenvalue weighted by Crippen LogP contribution is 2.38. The van der Waals surface area contributed by atoms with E-state index >= 15 is 0 Å². The number of carbonyl (C=O) groups is 1. The lowest BCUT2D eigenvalue weighted by Crippen LogP contribution is -2.31. The van der Waals surface area contributed by atoms with Crippen LogP contribution >= 0.6 is 0 Å². The molecule has 0 aromatic heterocycles. The van der Waals surface area contributed by atoms with Crippen LogP contribution in [0.15, 0.2) is 30.4 Å². The van der Waals surface area contributed by atoms with E-state index in [0.29, 0.717) is 17.2 Å². The molecule has 0 saturated carbocycles. The molecule has 1 aromatic rings. The molecule has 0 saturated heterocycles. The predicted octanol–water partition coefficient (Wildman–Crippen LogP) is 4.71. The van der Waals surface area contributed by atoms with Gasteiger partial charge in [0.2, 0.25) is 11.7 Å². The number of carbonyl (C=O) groups excluding carboxylic acids is 1. The second kappa shape index (κ2) is 12.8. The normalized spacial score (nSPS) is 11.1. The SMILES string of the molecule is CCCCN(CCCC)C(=O)C=CC=Cc1cc(OC)c(OC)c(OC)c1. The molecule has 0 fully saturated rings. The van der Waals surface area contributed by atoms with E-state index in [1.807, 2.05) is 29.2 Å². The zero-order valence-electron chi connectivity index (χ0n) is 17.3. The smallest absolute Gasteiger partial charge is 0.246 e. The Balaban J connectivity index is 2.82. The van der Waals surface area contributed by atoms with E-state index in [9.17, 15) is 4.79 Å². The van der Waals surface area contributed by atoms with E-state index in [1.54, 1.807) is 33.5 Å². The molecule has 5 heteroatoms. The Bertz CT molecular complexity index is 604. The summed E-state index contributed by atoms with van der Waals surface area (Å²) < 4.78 is 16.0. The Morgan fingerprint density at radius 1 is 0.926 bits per heavy atom. The second-order valence-electron chi connectivity index (χ2n) is 6.21. The van der Waals surface area contributed by atoms with Gasteiger partial charge in [0.1, 0.15) is 0 Å². The maximum atomic E-state index is 12.4. The third-order valence-electron chi connectivity index (χ3n) is 4.20. The van der Waals surface area contributed by atoms with Crippen molar-refractivity contribution in [3.63, 3.8) is 0 Å². The Hall–Kier alpha value is -2.43.